The number of rotatable bonds is 6. The van der Waals surface area contributed by atoms with E-state index in [1.807, 2.05) is 47.2 Å². The Labute approximate surface area is 191 Å². The van der Waals surface area contributed by atoms with Gasteiger partial charge in [0.15, 0.2) is 0 Å². The molecule has 1 aliphatic heterocycles. The van der Waals surface area contributed by atoms with Crippen molar-refractivity contribution in [2.24, 2.45) is 11.8 Å². The third kappa shape index (κ3) is 4.80. The minimum absolute atomic E-state index is 0.0125. The van der Waals surface area contributed by atoms with Crippen LogP contribution in [0.2, 0.25) is 0 Å². The second kappa shape index (κ2) is 10.7. The van der Waals surface area contributed by atoms with Crippen molar-refractivity contribution >= 4 is 17.0 Å². The van der Waals surface area contributed by atoms with Crippen LogP contribution in [-0.2, 0) is 16.1 Å². The lowest BCUT2D eigenvalue weighted by Crippen LogP contribution is -2.48. The van der Waals surface area contributed by atoms with Gasteiger partial charge in [0.25, 0.3) is 0 Å². The number of carbonyl (C=O) groups excluding carboxylic acids is 1. The molecule has 0 spiro atoms. The molecule has 0 N–H and O–H groups in total. The number of fused-ring (bicyclic) bond motifs is 1. The van der Waals surface area contributed by atoms with Crippen molar-refractivity contribution in [1.29, 1.82) is 0 Å². The van der Waals surface area contributed by atoms with Crippen LogP contribution < -0.4 is 5.69 Å². The standard InChI is InChI=1S/C26H39N3O3/c1-3-28-23-14-10-11-15-24(23)29(26(28)31)22-16-17-27(19-21(22)25(30)32-4-2)18-20-12-8-6-5-7-9-13-20/h10-11,14-15,20-22H,3-9,12-13,16-19H2,1-2H3. The van der Waals surface area contributed by atoms with E-state index in [1.165, 1.54) is 44.9 Å². The van der Waals surface area contributed by atoms with E-state index < -0.39 is 0 Å². The van der Waals surface area contributed by atoms with Gasteiger partial charge in [-0.1, -0.05) is 44.2 Å². The molecule has 0 radical (unpaired) electrons. The molecule has 2 aliphatic rings. The Morgan fingerprint density at radius 1 is 1.00 bits per heavy atom. The summed E-state index contributed by atoms with van der Waals surface area (Å²) in [5.41, 5.74) is 1.85. The summed E-state index contributed by atoms with van der Waals surface area (Å²) in [6.45, 7) is 7.52. The maximum atomic E-state index is 13.4. The monoisotopic (exact) mass is 441 g/mol. The highest BCUT2D eigenvalue weighted by molar-refractivity contribution is 5.78. The van der Waals surface area contributed by atoms with E-state index in [-0.39, 0.29) is 23.6 Å². The fraction of sp³-hybridized carbons (Fsp3) is 0.692. The number of esters is 1. The number of hydrogen-bond acceptors (Lipinski definition) is 4. The predicted octanol–water partition coefficient (Wildman–Crippen LogP) is 4.61. The molecule has 1 aliphatic carbocycles. The highest BCUT2D eigenvalue weighted by atomic mass is 16.5. The van der Waals surface area contributed by atoms with E-state index in [0.717, 1.165) is 36.5 Å². The zero-order valence-corrected chi connectivity index (χ0v) is 19.8. The highest BCUT2D eigenvalue weighted by Crippen LogP contribution is 2.33. The van der Waals surface area contributed by atoms with E-state index in [0.29, 0.717) is 19.7 Å². The summed E-state index contributed by atoms with van der Waals surface area (Å²) in [5.74, 6) is 0.241. The molecule has 4 rings (SSSR count). The van der Waals surface area contributed by atoms with Crippen LogP contribution in [0.5, 0.6) is 0 Å². The predicted molar refractivity (Wildman–Crippen MR) is 128 cm³/mol. The Morgan fingerprint density at radius 3 is 2.38 bits per heavy atom. The summed E-state index contributed by atoms with van der Waals surface area (Å²) in [7, 11) is 0. The summed E-state index contributed by atoms with van der Waals surface area (Å²) < 4.78 is 9.21. The first-order chi connectivity index (χ1) is 15.6. The number of nitrogens with zero attached hydrogens (tertiary/aromatic N) is 3. The molecular weight excluding hydrogens is 402 g/mol. The van der Waals surface area contributed by atoms with Crippen LogP contribution >= 0.6 is 0 Å². The van der Waals surface area contributed by atoms with E-state index in [4.69, 9.17) is 4.74 Å². The molecule has 32 heavy (non-hydrogen) atoms. The number of hydrogen-bond donors (Lipinski definition) is 0. The fourth-order valence-electron chi connectivity index (χ4n) is 5.91. The zero-order chi connectivity index (χ0) is 22.5. The molecule has 0 bridgehead atoms. The van der Waals surface area contributed by atoms with E-state index in [1.54, 1.807) is 0 Å². The minimum atomic E-state index is -0.314. The second-order valence-corrected chi connectivity index (χ2v) is 9.57. The van der Waals surface area contributed by atoms with Crippen molar-refractivity contribution in [1.82, 2.24) is 14.0 Å². The number of para-hydroxylation sites is 2. The van der Waals surface area contributed by atoms with Gasteiger partial charge in [-0.15, -0.1) is 0 Å². The summed E-state index contributed by atoms with van der Waals surface area (Å²) in [4.78, 5) is 28.9. The number of benzene rings is 1. The third-order valence-corrected chi connectivity index (χ3v) is 7.51. The van der Waals surface area contributed by atoms with Gasteiger partial charge in [0.05, 0.1) is 29.6 Å². The van der Waals surface area contributed by atoms with E-state index in [9.17, 15) is 9.59 Å². The van der Waals surface area contributed by atoms with Crippen LogP contribution in [0.1, 0.15) is 71.3 Å². The lowest BCUT2D eigenvalue weighted by Gasteiger charge is -2.39. The Kier molecular flexibility index (Phi) is 7.71. The molecule has 1 saturated heterocycles. The lowest BCUT2D eigenvalue weighted by atomic mass is 9.88. The number of aryl methyl sites for hydroxylation is 1. The van der Waals surface area contributed by atoms with Gasteiger partial charge in [0, 0.05) is 26.2 Å². The van der Waals surface area contributed by atoms with E-state index in [2.05, 4.69) is 4.90 Å². The first-order valence-corrected chi connectivity index (χ1v) is 12.7. The highest BCUT2D eigenvalue weighted by Gasteiger charge is 2.38. The Bertz CT molecular complexity index is 955. The fourth-order valence-corrected chi connectivity index (χ4v) is 5.91. The average Bonchev–Trinajstić information content (AvgIpc) is 3.06. The van der Waals surface area contributed by atoms with Crippen molar-refractivity contribution in [3.05, 3.63) is 34.7 Å². The zero-order valence-electron chi connectivity index (χ0n) is 19.8. The average molecular weight is 442 g/mol. The molecule has 1 saturated carbocycles. The van der Waals surface area contributed by atoms with Crippen molar-refractivity contribution < 1.29 is 9.53 Å². The van der Waals surface area contributed by atoms with Crippen LogP contribution in [0.3, 0.4) is 0 Å². The van der Waals surface area contributed by atoms with Crippen LogP contribution in [0.15, 0.2) is 29.1 Å². The Morgan fingerprint density at radius 2 is 1.69 bits per heavy atom. The molecular formula is C26H39N3O3. The smallest absolute Gasteiger partial charge is 0.329 e. The molecule has 2 unspecified atom stereocenters. The second-order valence-electron chi connectivity index (χ2n) is 9.57. The van der Waals surface area contributed by atoms with Crippen molar-refractivity contribution in [2.75, 3.05) is 26.2 Å². The topological polar surface area (TPSA) is 56.5 Å². The summed E-state index contributed by atoms with van der Waals surface area (Å²) in [5, 5.41) is 0. The number of aromatic nitrogens is 2. The molecule has 6 heteroatoms. The first-order valence-electron chi connectivity index (χ1n) is 12.7. The summed E-state index contributed by atoms with van der Waals surface area (Å²) in [6.07, 6.45) is 10.1. The van der Waals surface area contributed by atoms with Gasteiger partial charge in [-0.25, -0.2) is 4.79 Å². The van der Waals surface area contributed by atoms with Gasteiger partial charge < -0.3 is 9.64 Å². The van der Waals surface area contributed by atoms with Crippen LogP contribution in [0.4, 0.5) is 0 Å². The summed E-state index contributed by atoms with van der Waals surface area (Å²) >= 11 is 0. The molecule has 0 amide bonds. The van der Waals surface area contributed by atoms with Crippen molar-refractivity contribution in [2.45, 2.75) is 77.8 Å². The molecule has 2 atom stereocenters. The van der Waals surface area contributed by atoms with Gasteiger partial charge in [-0.05, 0) is 51.2 Å². The molecule has 2 fully saturated rings. The number of carbonyl (C=O) groups is 1. The van der Waals surface area contributed by atoms with Crippen LogP contribution in [-0.4, -0.2) is 46.2 Å². The quantitative estimate of drug-likeness (QED) is 0.615. The molecule has 2 aromatic rings. The number of piperidine rings is 1. The van der Waals surface area contributed by atoms with Crippen molar-refractivity contribution in [3.8, 4) is 0 Å². The maximum Gasteiger partial charge on any atom is 0.329 e. The maximum absolute atomic E-state index is 13.4. The van der Waals surface area contributed by atoms with E-state index >= 15 is 0 Å². The normalized spacial score (nSPS) is 23.7. The summed E-state index contributed by atoms with van der Waals surface area (Å²) in [6, 6.07) is 7.79. The first kappa shape index (κ1) is 23.1. The van der Waals surface area contributed by atoms with Crippen LogP contribution in [0.25, 0.3) is 11.0 Å². The largest absolute Gasteiger partial charge is 0.466 e. The third-order valence-electron chi connectivity index (χ3n) is 7.51. The molecule has 1 aromatic heterocycles. The number of likely N-dealkylation sites (tertiary alicyclic amines) is 1. The lowest BCUT2D eigenvalue weighted by molar-refractivity contribution is -0.152. The Balaban J connectivity index is 1.60. The number of imidazole rings is 1. The Hall–Kier alpha value is -2.08. The molecule has 1 aromatic carbocycles. The van der Waals surface area contributed by atoms with Gasteiger partial charge in [0.2, 0.25) is 0 Å². The molecule has 6 nitrogen and oxygen atoms in total. The van der Waals surface area contributed by atoms with Gasteiger partial charge in [-0.3, -0.25) is 13.9 Å². The van der Waals surface area contributed by atoms with Crippen LogP contribution in [0, 0.1) is 11.8 Å². The van der Waals surface area contributed by atoms with Gasteiger partial charge >= 0.3 is 11.7 Å². The van der Waals surface area contributed by atoms with Gasteiger partial charge in [0.1, 0.15) is 0 Å². The molecule has 176 valence electrons. The van der Waals surface area contributed by atoms with Crippen molar-refractivity contribution in [3.63, 3.8) is 0 Å². The number of ether oxygens (including phenoxy) is 1. The van der Waals surface area contributed by atoms with Gasteiger partial charge in [-0.2, -0.15) is 0 Å². The SMILES string of the molecule is CCOC(=O)C1CN(CC2CCCCCCC2)CCC1n1c(=O)n(CC)c2ccccc21. The minimum Gasteiger partial charge on any atom is -0.466 e. The molecule has 2 heterocycles.